The minimum absolute atomic E-state index is 0.146. The van der Waals surface area contributed by atoms with Crippen molar-refractivity contribution in [1.82, 2.24) is 15.3 Å². The average molecular weight is 419 g/mol. The number of rotatable bonds is 5. The summed E-state index contributed by atoms with van der Waals surface area (Å²) in [6, 6.07) is 3.67. The Morgan fingerprint density at radius 3 is 2.79 bits per heavy atom. The normalized spacial score (nSPS) is 23.4. The van der Waals surface area contributed by atoms with Crippen LogP contribution in [-0.2, 0) is 20.8 Å². The number of nitrogens with zero attached hydrogens (tertiary/aromatic N) is 2. The van der Waals surface area contributed by atoms with Crippen molar-refractivity contribution in [3.05, 3.63) is 23.8 Å². The van der Waals surface area contributed by atoms with Crippen LogP contribution in [0, 0.1) is 0 Å². The fourth-order valence-electron chi connectivity index (χ4n) is 3.89. The second kappa shape index (κ2) is 7.96. The van der Waals surface area contributed by atoms with Crippen LogP contribution in [0.15, 0.2) is 18.2 Å². The highest BCUT2D eigenvalue weighted by Crippen LogP contribution is 2.32. The lowest BCUT2D eigenvalue weighted by Crippen LogP contribution is -2.66. The van der Waals surface area contributed by atoms with Crippen LogP contribution < -0.4 is 14.8 Å². The highest BCUT2D eigenvalue weighted by molar-refractivity contribution is 7.82. The van der Waals surface area contributed by atoms with Crippen LogP contribution in [0.4, 0.5) is 0 Å². The monoisotopic (exact) mass is 419 g/mol. The molecule has 2 atom stereocenters. The van der Waals surface area contributed by atoms with Gasteiger partial charge in [-0.2, -0.15) is 0 Å². The van der Waals surface area contributed by atoms with Crippen LogP contribution in [0.3, 0.4) is 0 Å². The van der Waals surface area contributed by atoms with Gasteiger partial charge in [0.25, 0.3) is 11.8 Å². The first-order valence-corrected chi connectivity index (χ1v) is 9.88. The van der Waals surface area contributed by atoms with E-state index < -0.39 is 29.9 Å². The van der Waals surface area contributed by atoms with Gasteiger partial charge >= 0.3 is 5.97 Å². The summed E-state index contributed by atoms with van der Waals surface area (Å²) in [6.45, 7) is 1.31. The van der Waals surface area contributed by atoms with Crippen LogP contribution in [0.2, 0.25) is 0 Å². The second-order valence-electron chi connectivity index (χ2n) is 7.24. The van der Waals surface area contributed by atoms with Crippen molar-refractivity contribution in [2.24, 2.45) is 0 Å². The van der Waals surface area contributed by atoms with Crippen molar-refractivity contribution in [2.45, 2.75) is 37.8 Å². The number of amides is 2. The molecule has 0 aliphatic carbocycles. The van der Waals surface area contributed by atoms with Crippen molar-refractivity contribution in [3.63, 3.8) is 0 Å². The zero-order chi connectivity index (χ0) is 20.5. The van der Waals surface area contributed by atoms with E-state index in [-0.39, 0.29) is 18.1 Å². The van der Waals surface area contributed by atoms with Crippen molar-refractivity contribution in [1.29, 1.82) is 0 Å². The maximum atomic E-state index is 12.9. The SMILES string of the molecule is O=C(NC1CCN2CCC[C@@H](C(=O)O)N2C1=O)C(=S)Cc1ccc2c(c1)OCO2. The summed E-state index contributed by atoms with van der Waals surface area (Å²) in [5.74, 6) is -0.668. The molecule has 10 heteroatoms. The summed E-state index contributed by atoms with van der Waals surface area (Å²) >= 11 is 5.26. The summed E-state index contributed by atoms with van der Waals surface area (Å²) in [7, 11) is 0. The van der Waals surface area contributed by atoms with Gasteiger partial charge in [-0.15, -0.1) is 0 Å². The Labute approximate surface area is 172 Å². The lowest BCUT2D eigenvalue weighted by molar-refractivity contribution is -0.183. The molecule has 0 saturated carbocycles. The molecule has 0 bridgehead atoms. The number of fused-ring (bicyclic) bond motifs is 2. The number of carboxylic acid groups (broad SMARTS) is 1. The number of carboxylic acids is 1. The van der Waals surface area contributed by atoms with Crippen LogP contribution in [-0.4, -0.2) is 69.7 Å². The van der Waals surface area contributed by atoms with Gasteiger partial charge in [0.15, 0.2) is 11.5 Å². The number of carbonyl (C=O) groups is 3. The lowest BCUT2D eigenvalue weighted by Gasteiger charge is -2.47. The minimum Gasteiger partial charge on any atom is -0.480 e. The summed E-state index contributed by atoms with van der Waals surface area (Å²) in [5.41, 5.74) is 0.803. The zero-order valence-electron chi connectivity index (χ0n) is 15.6. The summed E-state index contributed by atoms with van der Waals surface area (Å²) < 4.78 is 10.6. The van der Waals surface area contributed by atoms with Gasteiger partial charge in [0.1, 0.15) is 12.1 Å². The first-order valence-electron chi connectivity index (χ1n) is 9.47. The maximum Gasteiger partial charge on any atom is 0.328 e. The maximum absolute atomic E-state index is 12.9. The summed E-state index contributed by atoms with van der Waals surface area (Å²) in [5, 5.41) is 15.2. The first-order chi connectivity index (χ1) is 13.9. The van der Waals surface area contributed by atoms with Crippen LogP contribution in [0.25, 0.3) is 0 Å². The third kappa shape index (κ3) is 3.90. The highest BCUT2D eigenvalue weighted by Gasteiger charge is 2.43. The van der Waals surface area contributed by atoms with Gasteiger partial charge in [0.2, 0.25) is 6.79 Å². The van der Waals surface area contributed by atoms with E-state index in [2.05, 4.69) is 5.32 Å². The van der Waals surface area contributed by atoms with Crippen molar-refractivity contribution >= 4 is 34.9 Å². The predicted octanol–water partition coefficient (Wildman–Crippen LogP) is 0.509. The molecule has 2 saturated heterocycles. The van der Waals surface area contributed by atoms with Crippen molar-refractivity contribution < 1.29 is 29.0 Å². The highest BCUT2D eigenvalue weighted by atomic mass is 32.1. The molecule has 0 spiro atoms. The molecule has 0 aromatic heterocycles. The lowest BCUT2D eigenvalue weighted by atomic mass is 10.0. The molecule has 1 aromatic carbocycles. The van der Waals surface area contributed by atoms with Gasteiger partial charge in [-0.25, -0.2) is 9.80 Å². The van der Waals surface area contributed by atoms with Crippen molar-refractivity contribution in [2.75, 3.05) is 19.9 Å². The number of aliphatic carboxylic acids is 1. The molecular formula is C19H21N3O6S. The molecule has 0 radical (unpaired) electrons. The van der Waals surface area contributed by atoms with E-state index >= 15 is 0 Å². The summed E-state index contributed by atoms with van der Waals surface area (Å²) in [4.78, 5) is 37.1. The fourth-order valence-corrected chi connectivity index (χ4v) is 4.11. The Balaban J connectivity index is 1.39. The van der Waals surface area contributed by atoms with E-state index in [1.54, 1.807) is 17.1 Å². The van der Waals surface area contributed by atoms with E-state index in [0.717, 1.165) is 12.0 Å². The van der Waals surface area contributed by atoms with E-state index in [9.17, 15) is 19.5 Å². The number of nitrogens with one attached hydrogen (secondary N) is 1. The van der Waals surface area contributed by atoms with Crippen molar-refractivity contribution in [3.8, 4) is 11.5 Å². The number of ether oxygens (including phenoxy) is 2. The molecule has 9 nitrogen and oxygen atoms in total. The fraction of sp³-hybridized carbons (Fsp3) is 0.474. The van der Waals surface area contributed by atoms with Gasteiger partial charge in [-0.1, -0.05) is 18.3 Å². The average Bonchev–Trinajstić information content (AvgIpc) is 3.17. The number of hydrazine groups is 1. The summed E-state index contributed by atoms with van der Waals surface area (Å²) in [6.07, 6.45) is 1.77. The molecule has 3 heterocycles. The zero-order valence-corrected chi connectivity index (χ0v) is 16.4. The number of thiocarbonyl (C=S) groups is 1. The quantitative estimate of drug-likeness (QED) is 0.665. The van der Waals surface area contributed by atoms with E-state index in [4.69, 9.17) is 21.7 Å². The smallest absolute Gasteiger partial charge is 0.328 e. The Morgan fingerprint density at radius 1 is 1.21 bits per heavy atom. The van der Waals surface area contributed by atoms with Gasteiger partial charge < -0.3 is 19.9 Å². The molecule has 3 aliphatic rings. The van der Waals surface area contributed by atoms with E-state index in [0.29, 0.717) is 37.4 Å². The largest absolute Gasteiger partial charge is 0.480 e. The molecule has 4 rings (SSSR count). The topological polar surface area (TPSA) is 108 Å². The van der Waals surface area contributed by atoms with Crippen LogP contribution >= 0.6 is 12.2 Å². The van der Waals surface area contributed by atoms with E-state index in [1.165, 1.54) is 5.01 Å². The Kier molecular flexibility index (Phi) is 5.37. The molecule has 29 heavy (non-hydrogen) atoms. The van der Waals surface area contributed by atoms with Gasteiger partial charge in [0.05, 0.1) is 4.86 Å². The van der Waals surface area contributed by atoms with Crippen LogP contribution in [0.1, 0.15) is 24.8 Å². The predicted molar refractivity (Wildman–Crippen MR) is 104 cm³/mol. The minimum atomic E-state index is -1.03. The first kappa shape index (κ1) is 19.6. The standard InChI is InChI=1S/C19H21N3O6S/c23-17(16(29)9-11-3-4-14-15(8-11)28-10-27-14)20-12-5-7-21-6-1-2-13(19(25)26)22(21)18(12)24/h3-4,8,12-13H,1-2,5-7,9-10H2,(H,20,23)(H,25,26)/t12?,13-/m0/s1. The number of hydrogen-bond donors (Lipinski definition) is 2. The van der Waals surface area contributed by atoms with Gasteiger partial charge in [0, 0.05) is 19.5 Å². The third-order valence-corrected chi connectivity index (χ3v) is 5.67. The molecular weight excluding hydrogens is 398 g/mol. The Morgan fingerprint density at radius 2 is 2.00 bits per heavy atom. The van der Waals surface area contributed by atoms with E-state index in [1.807, 2.05) is 6.07 Å². The van der Waals surface area contributed by atoms with Gasteiger partial charge in [-0.3, -0.25) is 14.6 Å². The van der Waals surface area contributed by atoms with Crippen LogP contribution in [0.5, 0.6) is 11.5 Å². The molecule has 3 aliphatic heterocycles. The molecule has 2 fully saturated rings. The Bertz CT molecular complexity index is 876. The Hall–Kier alpha value is -2.72. The molecule has 154 valence electrons. The molecule has 1 aromatic rings. The molecule has 2 amide bonds. The molecule has 2 N–H and O–H groups in total. The van der Waals surface area contributed by atoms with Gasteiger partial charge in [-0.05, 0) is 37.0 Å². The number of carbonyl (C=O) groups excluding carboxylic acids is 2. The molecule has 1 unspecified atom stereocenters. The number of hydrogen-bond acceptors (Lipinski definition) is 7. The third-order valence-electron chi connectivity index (χ3n) is 5.34. The number of benzene rings is 1. The second-order valence-corrected chi connectivity index (χ2v) is 7.73.